The Bertz CT molecular complexity index is 1660. The molecule has 2 N–H and O–H groups in total. The molecule has 0 bridgehead atoms. The van der Waals surface area contributed by atoms with Gasteiger partial charge in [-0.15, -0.1) is 5.10 Å². The zero-order valence-corrected chi connectivity index (χ0v) is 17.7. The van der Waals surface area contributed by atoms with E-state index in [0.29, 0.717) is 27.4 Å². The lowest BCUT2D eigenvalue weighted by Gasteiger charge is -2.07. The van der Waals surface area contributed by atoms with Crippen LogP contribution in [-0.2, 0) is 9.73 Å². The SMILES string of the molecule is C[S@@](=N)(=O)c1ccccc1-c1nc2c3ccccc3nc(Nc3ccccnc3=O)n2n1. The summed E-state index contributed by atoms with van der Waals surface area (Å²) in [6, 6.07) is 19.3. The number of para-hydroxylation sites is 1. The fourth-order valence-corrected chi connectivity index (χ4v) is 4.33. The highest BCUT2D eigenvalue weighted by Gasteiger charge is 2.19. The van der Waals surface area contributed by atoms with Crippen molar-refractivity contribution >= 4 is 37.9 Å². The topological polar surface area (TPSA) is 126 Å². The third-order valence-electron chi connectivity index (χ3n) is 4.86. The summed E-state index contributed by atoms with van der Waals surface area (Å²) in [5.41, 5.74) is 1.47. The number of hydrogen-bond donors (Lipinski definition) is 2. The lowest BCUT2D eigenvalue weighted by Crippen LogP contribution is -2.11. The van der Waals surface area contributed by atoms with Crippen molar-refractivity contribution in [2.24, 2.45) is 0 Å². The lowest BCUT2D eigenvalue weighted by atomic mass is 10.2. The van der Waals surface area contributed by atoms with Crippen molar-refractivity contribution < 1.29 is 4.21 Å². The minimum atomic E-state index is -3.00. The van der Waals surface area contributed by atoms with E-state index in [1.54, 1.807) is 42.5 Å². The zero-order chi connectivity index (χ0) is 22.3. The molecule has 9 nitrogen and oxygen atoms in total. The first-order valence-corrected chi connectivity index (χ1v) is 11.6. The fourth-order valence-electron chi connectivity index (χ4n) is 3.41. The van der Waals surface area contributed by atoms with Crippen LogP contribution in [-0.4, -0.2) is 35.0 Å². The molecule has 0 unspecified atom stereocenters. The number of nitrogens with one attached hydrogen (secondary N) is 2. The second kappa shape index (κ2) is 7.50. The molecule has 2 aromatic carbocycles. The molecule has 3 heterocycles. The number of benzene rings is 2. The third kappa shape index (κ3) is 3.46. The Morgan fingerprint density at radius 3 is 2.56 bits per heavy atom. The zero-order valence-electron chi connectivity index (χ0n) is 16.9. The minimum absolute atomic E-state index is 0.235. The maximum atomic E-state index is 12.5. The van der Waals surface area contributed by atoms with Crippen molar-refractivity contribution in [3.63, 3.8) is 0 Å². The molecule has 0 spiro atoms. The Morgan fingerprint density at radius 1 is 0.969 bits per heavy atom. The maximum absolute atomic E-state index is 12.5. The summed E-state index contributed by atoms with van der Waals surface area (Å²) in [4.78, 5) is 25.8. The van der Waals surface area contributed by atoms with Gasteiger partial charge in [0.25, 0.3) is 5.56 Å². The van der Waals surface area contributed by atoms with Crippen LogP contribution in [0.4, 0.5) is 11.6 Å². The van der Waals surface area contributed by atoms with Crippen molar-refractivity contribution in [3.8, 4) is 11.4 Å². The van der Waals surface area contributed by atoms with Crippen LogP contribution < -0.4 is 10.9 Å². The van der Waals surface area contributed by atoms with Gasteiger partial charge in [-0.1, -0.05) is 30.3 Å². The molecule has 0 fully saturated rings. The first kappa shape index (κ1) is 19.8. The van der Waals surface area contributed by atoms with Crippen molar-refractivity contribution in [3.05, 3.63) is 83.3 Å². The van der Waals surface area contributed by atoms with Gasteiger partial charge in [-0.3, -0.25) is 4.79 Å². The predicted octanol–water partition coefficient (Wildman–Crippen LogP) is 3.48. The quantitative estimate of drug-likeness (QED) is 0.435. The standard InChI is InChI=1S/C22H17N7O2S/c1-32(23,31)18-12-5-3-9-15(18)19-27-20-14-8-2-4-10-16(14)25-22(29(20)28-19)26-17-11-6-7-13-24-21(17)30/h2-13,23H,1H3,(H,24,25,26,30)/t32-/m1/s1. The van der Waals surface area contributed by atoms with E-state index in [4.69, 9.17) is 9.76 Å². The fraction of sp³-hybridized carbons (Fsp3) is 0.0455. The summed E-state index contributed by atoms with van der Waals surface area (Å²) in [5, 5.41) is 8.38. The second-order valence-electron chi connectivity index (χ2n) is 7.14. The van der Waals surface area contributed by atoms with Crippen LogP contribution in [0.2, 0.25) is 0 Å². The van der Waals surface area contributed by atoms with E-state index in [0.717, 1.165) is 5.39 Å². The molecule has 0 aliphatic heterocycles. The van der Waals surface area contributed by atoms with Gasteiger partial charge in [-0.2, -0.15) is 4.52 Å². The van der Waals surface area contributed by atoms with Gasteiger partial charge in [0.15, 0.2) is 11.5 Å². The van der Waals surface area contributed by atoms with E-state index in [2.05, 4.69) is 20.4 Å². The summed E-state index contributed by atoms with van der Waals surface area (Å²) in [5.74, 6) is 0.589. The molecule has 32 heavy (non-hydrogen) atoms. The number of hydrogen-bond acceptors (Lipinski definition) is 8. The van der Waals surface area contributed by atoms with E-state index in [9.17, 15) is 9.00 Å². The monoisotopic (exact) mass is 443 g/mol. The molecule has 5 rings (SSSR count). The Hall–Kier alpha value is -4.18. The molecular formula is C22H17N7O2S. The van der Waals surface area contributed by atoms with Gasteiger partial charge >= 0.3 is 0 Å². The highest BCUT2D eigenvalue weighted by Crippen LogP contribution is 2.28. The highest BCUT2D eigenvalue weighted by molar-refractivity contribution is 7.91. The minimum Gasteiger partial charge on any atom is -0.319 e. The normalized spacial score (nSPS) is 13.2. The molecule has 5 aromatic rings. The van der Waals surface area contributed by atoms with E-state index in [1.807, 2.05) is 24.3 Å². The van der Waals surface area contributed by atoms with Crippen LogP contribution in [0, 0.1) is 4.78 Å². The first-order valence-electron chi connectivity index (χ1n) is 9.63. The van der Waals surface area contributed by atoms with Crippen molar-refractivity contribution in [1.29, 1.82) is 4.78 Å². The summed E-state index contributed by atoms with van der Waals surface area (Å²) >= 11 is 0. The number of fused-ring (bicyclic) bond motifs is 3. The molecule has 10 heteroatoms. The van der Waals surface area contributed by atoms with E-state index < -0.39 is 15.3 Å². The van der Waals surface area contributed by atoms with Crippen LogP contribution in [0.1, 0.15) is 0 Å². The van der Waals surface area contributed by atoms with Crippen LogP contribution in [0.3, 0.4) is 0 Å². The number of anilines is 2. The molecule has 0 saturated carbocycles. The van der Waals surface area contributed by atoms with Crippen LogP contribution in [0.15, 0.2) is 82.6 Å². The van der Waals surface area contributed by atoms with Gasteiger partial charge in [0.05, 0.1) is 20.1 Å². The average molecular weight is 443 g/mol. The Labute approximate surface area is 182 Å². The summed E-state index contributed by atoms with van der Waals surface area (Å²) in [6.45, 7) is 0. The smallest absolute Gasteiger partial charge is 0.293 e. The molecule has 1 atom stereocenters. The highest BCUT2D eigenvalue weighted by atomic mass is 32.2. The van der Waals surface area contributed by atoms with Gasteiger partial charge < -0.3 is 5.32 Å². The summed E-state index contributed by atoms with van der Waals surface area (Å²) in [7, 11) is -3.00. The Balaban J connectivity index is 1.79. The molecule has 0 amide bonds. The van der Waals surface area contributed by atoms with Crippen LogP contribution in [0.5, 0.6) is 0 Å². The molecule has 0 aliphatic carbocycles. The largest absolute Gasteiger partial charge is 0.319 e. The van der Waals surface area contributed by atoms with Crippen LogP contribution >= 0.6 is 0 Å². The van der Waals surface area contributed by atoms with Gasteiger partial charge in [0.2, 0.25) is 5.95 Å². The first-order chi connectivity index (χ1) is 15.4. The van der Waals surface area contributed by atoms with E-state index in [-0.39, 0.29) is 11.6 Å². The van der Waals surface area contributed by atoms with Crippen molar-refractivity contribution in [2.75, 3.05) is 11.6 Å². The predicted molar refractivity (Wildman–Crippen MR) is 123 cm³/mol. The number of aromatic nitrogens is 5. The average Bonchev–Trinajstić information content (AvgIpc) is 3.13. The Kier molecular flexibility index (Phi) is 4.63. The van der Waals surface area contributed by atoms with Crippen molar-refractivity contribution in [1.82, 2.24) is 24.6 Å². The van der Waals surface area contributed by atoms with Gasteiger partial charge in [-0.05, 0) is 36.4 Å². The number of rotatable bonds is 4. The molecule has 0 aliphatic rings. The van der Waals surface area contributed by atoms with Crippen LogP contribution in [0.25, 0.3) is 27.9 Å². The summed E-state index contributed by atoms with van der Waals surface area (Å²) < 4.78 is 22.1. The molecule has 3 aromatic heterocycles. The molecule has 158 valence electrons. The second-order valence-corrected chi connectivity index (χ2v) is 9.26. The van der Waals surface area contributed by atoms with Gasteiger partial charge in [0.1, 0.15) is 5.69 Å². The molecular weight excluding hydrogens is 426 g/mol. The van der Waals surface area contributed by atoms with Gasteiger partial charge in [-0.25, -0.2) is 23.9 Å². The lowest BCUT2D eigenvalue weighted by molar-refractivity contribution is 0.679. The summed E-state index contributed by atoms with van der Waals surface area (Å²) in [6.07, 6.45) is 2.79. The van der Waals surface area contributed by atoms with E-state index in [1.165, 1.54) is 17.0 Å². The van der Waals surface area contributed by atoms with Gasteiger partial charge in [0, 0.05) is 23.4 Å². The molecule has 0 saturated heterocycles. The van der Waals surface area contributed by atoms with Crippen molar-refractivity contribution in [2.45, 2.75) is 4.90 Å². The van der Waals surface area contributed by atoms with E-state index >= 15 is 0 Å². The molecule has 0 radical (unpaired) electrons. The Morgan fingerprint density at radius 2 is 1.72 bits per heavy atom. The number of nitrogens with zero attached hydrogens (tertiary/aromatic N) is 5. The maximum Gasteiger partial charge on any atom is 0.293 e. The third-order valence-corrected chi connectivity index (χ3v) is 6.05.